The minimum absolute atomic E-state index is 0.656. The Labute approximate surface area is 130 Å². The maximum Gasteiger partial charge on any atom is 0.0713 e. The molecule has 0 aliphatic rings. The molecular formula is C15H15Br2NO. The summed E-state index contributed by atoms with van der Waals surface area (Å²) in [6.07, 6.45) is 0. The number of rotatable bonds is 5. The SMILES string of the molecule is COCc1ccc(CNc2c(Br)cccc2Br)cc1. The van der Waals surface area contributed by atoms with Crippen LogP contribution in [0.3, 0.4) is 0 Å². The number of hydrogen-bond donors (Lipinski definition) is 1. The Bertz CT molecular complexity index is 520. The number of ether oxygens (including phenoxy) is 1. The molecule has 2 nitrogen and oxygen atoms in total. The van der Waals surface area contributed by atoms with Gasteiger partial charge in [-0.3, -0.25) is 0 Å². The Morgan fingerprint density at radius 3 is 2.11 bits per heavy atom. The summed E-state index contributed by atoms with van der Waals surface area (Å²) in [5.74, 6) is 0. The molecule has 0 aromatic heterocycles. The molecule has 0 spiro atoms. The van der Waals surface area contributed by atoms with E-state index in [2.05, 4.69) is 61.4 Å². The Kier molecular flexibility index (Phi) is 5.43. The van der Waals surface area contributed by atoms with Crippen molar-refractivity contribution in [1.82, 2.24) is 0 Å². The summed E-state index contributed by atoms with van der Waals surface area (Å²) in [5.41, 5.74) is 3.50. The van der Waals surface area contributed by atoms with Gasteiger partial charge >= 0.3 is 0 Å². The molecule has 0 radical (unpaired) electrons. The molecular weight excluding hydrogens is 370 g/mol. The van der Waals surface area contributed by atoms with Gasteiger partial charge in [0, 0.05) is 22.6 Å². The van der Waals surface area contributed by atoms with Crippen molar-refractivity contribution in [1.29, 1.82) is 0 Å². The van der Waals surface area contributed by atoms with Gasteiger partial charge in [0.2, 0.25) is 0 Å². The third kappa shape index (κ3) is 4.06. The zero-order valence-corrected chi connectivity index (χ0v) is 13.8. The van der Waals surface area contributed by atoms with E-state index >= 15 is 0 Å². The lowest BCUT2D eigenvalue weighted by Crippen LogP contribution is -2.01. The molecule has 4 heteroatoms. The molecule has 0 aliphatic carbocycles. The Hall–Kier alpha value is -0.840. The molecule has 2 aromatic carbocycles. The Morgan fingerprint density at radius 2 is 1.53 bits per heavy atom. The topological polar surface area (TPSA) is 21.3 Å². The molecule has 0 heterocycles. The number of hydrogen-bond acceptors (Lipinski definition) is 2. The fourth-order valence-electron chi connectivity index (χ4n) is 1.78. The maximum absolute atomic E-state index is 5.10. The van der Waals surface area contributed by atoms with E-state index < -0.39 is 0 Å². The molecule has 0 aliphatic heterocycles. The Balaban J connectivity index is 2.02. The van der Waals surface area contributed by atoms with E-state index in [1.165, 1.54) is 11.1 Å². The molecule has 0 saturated carbocycles. The first-order valence-corrected chi connectivity index (χ1v) is 7.54. The van der Waals surface area contributed by atoms with Gasteiger partial charge in [-0.1, -0.05) is 30.3 Å². The number of anilines is 1. The van der Waals surface area contributed by atoms with E-state index in [-0.39, 0.29) is 0 Å². The van der Waals surface area contributed by atoms with Crippen molar-refractivity contribution in [2.24, 2.45) is 0 Å². The normalized spacial score (nSPS) is 10.5. The van der Waals surface area contributed by atoms with Gasteiger partial charge in [0.15, 0.2) is 0 Å². The zero-order valence-electron chi connectivity index (χ0n) is 10.6. The summed E-state index contributed by atoms with van der Waals surface area (Å²) in [6, 6.07) is 14.5. The number of para-hydroxylation sites is 1. The first kappa shape index (κ1) is 14.6. The second-order valence-corrected chi connectivity index (χ2v) is 5.91. The summed E-state index contributed by atoms with van der Waals surface area (Å²) >= 11 is 7.09. The highest BCUT2D eigenvalue weighted by molar-refractivity contribution is 9.11. The van der Waals surface area contributed by atoms with Crippen molar-refractivity contribution < 1.29 is 4.74 Å². The minimum atomic E-state index is 0.656. The van der Waals surface area contributed by atoms with E-state index in [0.717, 1.165) is 21.2 Å². The van der Waals surface area contributed by atoms with Gasteiger partial charge in [-0.2, -0.15) is 0 Å². The van der Waals surface area contributed by atoms with Gasteiger partial charge < -0.3 is 10.1 Å². The van der Waals surface area contributed by atoms with Crippen molar-refractivity contribution >= 4 is 37.5 Å². The molecule has 0 unspecified atom stereocenters. The molecule has 1 N–H and O–H groups in total. The standard InChI is InChI=1S/C15H15Br2NO/c1-19-10-12-7-5-11(6-8-12)9-18-15-13(16)3-2-4-14(15)17/h2-8,18H,9-10H2,1H3. The van der Waals surface area contributed by atoms with E-state index in [4.69, 9.17) is 4.74 Å². The second kappa shape index (κ2) is 7.08. The van der Waals surface area contributed by atoms with Crippen LogP contribution < -0.4 is 5.32 Å². The van der Waals surface area contributed by atoms with E-state index in [1.807, 2.05) is 18.2 Å². The van der Waals surface area contributed by atoms with E-state index in [9.17, 15) is 0 Å². The predicted octanol–water partition coefficient (Wildman–Crippen LogP) is 4.97. The van der Waals surface area contributed by atoms with Crippen LogP contribution in [-0.2, 0) is 17.9 Å². The van der Waals surface area contributed by atoms with Crippen molar-refractivity contribution in [2.75, 3.05) is 12.4 Å². The summed E-state index contributed by atoms with van der Waals surface area (Å²) in [4.78, 5) is 0. The van der Waals surface area contributed by atoms with Crippen molar-refractivity contribution in [3.8, 4) is 0 Å². The van der Waals surface area contributed by atoms with Crippen LogP contribution in [0.15, 0.2) is 51.4 Å². The third-order valence-electron chi connectivity index (χ3n) is 2.77. The van der Waals surface area contributed by atoms with Gasteiger partial charge in [-0.05, 0) is 55.1 Å². The smallest absolute Gasteiger partial charge is 0.0713 e. The van der Waals surface area contributed by atoms with Gasteiger partial charge in [-0.25, -0.2) is 0 Å². The highest BCUT2D eigenvalue weighted by atomic mass is 79.9. The maximum atomic E-state index is 5.10. The molecule has 0 bridgehead atoms. The fourth-order valence-corrected chi connectivity index (χ4v) is 3.06. The third-order valence-corrected chi connectivity index (χ3v) is 4.09. The van der Waals surface area contributed by atoms with Crippen LogP contribution in [0.1, 0.15) is 11.1 Å². The average molecular weight is 385 g/mol. The molecule has 0 atom stereocenters. The summed E-state index contributed by atoms with van der Waals surface area (Å²) in [6.45, 7) is 1.44. The lowest BCUT2D eigenvalue weighted by molar-refractivity contribution is 0.185. The van der Waals surface area contributed by atoms with Gasteiger partial charge in [-0.15, -0.1) is 0 Å². The lowest BCUT2D eigenvalue weighted by atomic mass is 10.1. The minimum Gasteiger partial charge on any atom is -0.380 e. The van der Waals surface area contributed by atoms with Crippen LogP contribution >= 0.6 is 31.9 Å². The van der Waals surface area contributed by atoms with Crippen molar-refractivity contribution in [2.45, 2.75) is 13.2 Å². The number of benzene rings is 2. The number of nitrogens with one attached hydrogen (secondary N) is 1. The van der Waals surface area contributed by atoms with E-state index in [0.29, 0.717) is 6.61 Å². The number of methoxy groups -OCH3 is 1. The van der Waals surface area contributed by atoms with Crippen LogP contribution in [0.5, 0.6) is 0 Å². The van der Waals surface area contributed by atoms with Crippen LogP contribution in [0.25, 0.3) is 0 Å². The highest BCUT2D eigenvalue weighted by Crippen LogP contribution is 2.30. The molecule has 2 aromatic rings. The quantitative estimate of drug-likeness (QED) is 0.785. The summed E-state index contributed by atoms with van der Waals surface area (Å²) < 4.78 is 7.21. The predicted molar refractivity (Wildman–Crippen MR) is 86.3 cm³/mol. The first-order valence-electron chi connectivity index (χ1n) is 5.95. The van der Waals surface area contributed by atoms with Gasteiger partial charge in [0.05, 0.1) is 12.3 Å². The molecule has 0 saturated heterocycles. The van der Waals surface area contributed by atoms with E-state index in [1.54, 1.807) is 7.11 Å². The van der Waals surface area contributed by atoms with Crippen LogP contribution in [0.2, 0.25) is 0 Å². The molecule has 0 amide bonds. The van der Waals surface area contributed by atoms with Crippen molar-refractivity contribution in [3.63, 3.8) is 0 Å². The zero-order chi connectivity index (χ0) is 13.7. The average Bonchev–Trinajstić information content (AvgIpc) is 2.40. The first-order chi connectivity index (χ1) is 9.20. The number of halogens is 2. The highest BCUT2D eigenvalue weighted by Gasteiger charge is 2.03. The fraction of sp³-hybridized carbons (Fsp3) is 0.200. The Morgan fingerprint density at radius 1 is 0.947 bits per heavy atom. The second-order valence-electron chi connectivity index (χ2n) is 4.20. The molecule has 19 heavy (non-hydrogen) atoms. The monoisotopic (exact) mass is 383 g/mol. The molecule has 0 fully saturated rings. The lowest BCUT2D eigenvalue weighted by Gasteiger charge is -2.11. The molecule has 100 valence electrons. The largest absolute Gasteiger partial charge is 0.380 e. The van der Waals surface area contributed by atoms with Crippen LogP contribution in [0, 0.1) is 0 Å². The summed E-state index contributed by atoms with van der Waals surface area (Å²) in [5, 5.41) is 3.42. The van der Waals surface area contributed by atoms with Gasteiger partial charge in [0.25, 0.3) is 0 Å². The van der Waals surface area contributed by atoms with Crippen molar-refractivity contribution in [3.05, 3.63) is 62.5 Å². The summed E-state index contributed by atoms with van der Waals surface area (Å²) in [7, 11) is 1.71. The van der Waals surface area contributed by atoms with Crippen LogP contribution in [-0.4, -0.2) is 7.11 Å². The van der Waals surface area contributed by atoms with Crippen LogP contribution in [0.4, 0.5) is 5.69 Å². The van der Waals surface area contributed by atoms with Gasteiger partial charge in [0.1, 0.15) is 0 Å². The molecule has 2 rings (SSSR count).